The van der Waals surface area contributed by atoms with Gasteiger partial charge < -0.3 is 5.32 Å². The Morgan fingerprint density at radius 2 is 2.16 bits per heavy atom. The minimum Gasteiger partial charge on any atom is -0.316 e. The van der Waals surface area contributed by atoms with Crippen molar-refractivity contribution in [2.24, 2.45) is 17.3 Å². The van der Waals surface area contributed by atoms with Crippen LogP contribution in [-0.4, -0.2) is 37.1 Å². The van der Waals surface area contributed by atoms with E-state index >= 15 is 0 Å². The molecule has 2 saturated carbocycles. The molecule has 110 valence electrons. The summed E-state index contributed by atoms with van der Waals surface area (Å²) in [6, 6.07) is 0.945. The molecule has 0 aromatic heterocycles. The topological polar surface area (TPSA) is 15.3 Å². The van der Waals surface area contributed by atoms with Gasteiger partial charge in [0.2, 0.25) is 0 Å². The van der Waals surface area contributed by atoms with E-state index in [2.05, 4.69) is 24.1 Å². The second kappa shape index (κ2) is 5.73. The Kier molecular flexibility index (Phi) is 4.19. The molecule has 3 fully saturated rings. The van der Waals surface area contributed by atoms with Crippen LogP contribution < -0.4 is 5.32 Å². The lowest BCUT2D eigenvalue weighted by molar-refractivity contribution is 0.0649. The van der Waals surface area contributed by atoms with E-state index in [4.69, 9.17) is 0 Å². The summed E-state index contributed by atoms with van der Waals surface area (Å²) >= 11 is 0. The molecule has 0 spiro atoms. The van der Waals surface area contributed by atoms with Gasteiger partial charge in [0.25, 0.3) is 0 Å². The Hall–Kier alpha value is -0.0800. The highest BCUT2D eigenvalue weighted by atomic mass is 15.2. The molecule has 0 amide bonds. The molecule has 1 aliphatic heterocycles. The molecule has 0 aromatic carbocycles. The van der Waals surface area contributed by atoms with Crippen molar-refractivity contribution in [3.05, 3.63) is 0 Å². The molecule has 0 aromatic rings. The molecule has 2 aliphatic carbocycles. The van der Waals surface area contributed by atoms with E-state index < -0.39 is 0 Å². The van der Waals surface area contributed by atoms with E-state index in [0.717, 1.165) is 24.4 Å². The van der Waals surface area contributed by atoms with Crippen LogP contribution in [0.25, 0.3) is 0 Å². The van der Waals surface area contributed by atoms with Crippen LogP contribution in [0.3, 0.4) is 0 Å². The first-order valence-corrected chi connectivity index (χ1v) is 8.65. The van der Waals surface area contributed by atoms with E-state index in [1.54, 1.807) is 0 Å². The van der Waals surface area contributed by atoms with Crippen molar-refractivity contribution in [2.45, 2.75) is 64.8 Å². The van der Waals surface area contributed by atoms with Crippen LogP contribution in [0.2, 0.25) is 0 Å². The predicted molar refractivity (Wildman–Crippen MR) is 81.3 cm³/mol. The summed E-state index contributed by atoms with van der Waals surface area (Å²) in [7, 11) is 0. The Morgan fingerprint density at radius 1 is 1.26 bits per heavy atom. The van der Waals surface area contributed by atoms with Gasteiger partial charge in [-0.1, -0.05) is 26.7 Å². The first-order chi connectivity index (χ1) is 9.21. The Labute approximate surface area is 119 Å². The zero-order chi connectivity index (χ0) is 13.3. The van der Waals surface area contributed by atoms with Crippen LogP contribution in [0.4, 0.5) is 0 Å². The Morgan fingerprint density at radius 3 is 2.79 bits per heavy atom. The van der Waals surface area contributed by atoms with Crippen molar-refractivity contribution >= 4 is 0 Å². The van der Waals surface area contributed by atoms with Gasteiger partial charge in [-0.15, -0.1) is 0 Å². The average Bonchev–Trinajstić information content (AvgIpc) is 2.98. The van der Waals surface area contributed by atoms with Crippen LogP contribution in [0.5, 0.6) is 0 Å². The fraction of sp³-hybridized carbons (Fsp3) is 1.00. The van der Waals surface area contributed by atoms with E-state index in [9.17, 15) is 0 Å². The summed E-state index contributed by atoms with van der Waals surface area (Å²) in [6.45, 7) is 9.89. The normalized spacial score (nSPS) is 42.9. The maximum Gasteiger partial charge on any atom is 0.00988 e. The molecule has 1 heterocycles. The van der Waals surface area contributed by atoms with Crippen LogP contribution >= 0.6 is 0 Å². The molecule has 4 unspecified atom stereocenters. The predicted octanol–water partition coefficient (Wildman–Crippen LogP) is 3.28. The zero-order valence-corrected chi connectivity index (χ0v) is 13.0. The maximum atomic E-state index is 3.67. The van der Waals surface area contributed by atoms with Crippen molar-refractivity contribution < 1.29 is 0 Å². The largest absolute Gasteiger partial charge is 0.316 e. The van der Waals surface area contributed by atoms with Crippen molar-refractivity contribution in [3.8, 4) is 0 Å². The lowest BCUT2D eigenvalue weighted by Gasteiger charge is -2.44. The van der Waals surface area contributed by atoms with E-state index in [-0.39, 0.29) is 0 Å². The number of fused-ring (bicyclic) bond motifs is 2. The molecule has 2 heteroatoms. The lowest BCUT2D eigenvalue weighted by atomic mass is 9.69. The minimum absolute atomic E-state index is 0.582. The molecule has 4 atom stereocenters. The second-order valence-corrected chi connectivity index (χ2v) is 7.74. The maximum absolute atomic E-state index is 3.67. The van der Waals surface area contributed by atoms with Crippen LogP contribution in [0.15, 0.2) is 0 Å². The van der Waals surface area contributed by atoms with Gasteiger partial charge in [0.05, 0.1) is 0 Å². The van der Waals surface area contributed by atoms with E-state index in [1.165, 1.54) is 64.6 Å². The fourth-order valence-electron chi connectivity index (χ4n) is 5.17. The van der Waals surface area contributed by atoms with Gasteiger partial charge in [0.15, 0.2) is 0 Å². The monoisotopic (exact) mass is 264 g/mol. The molecular weight excluding hydrogens is 232 g/mol. The summed E-state index contributed by atoms with van der Waals surface area (Å²) in [6.07, 6.45) is 10.3. The van der Waals surface area contributed by atoms with Crippen LogP contribution in [0, 0.1) is 17.3 Å². The highest BCUT2D eigenvalue weighted by Gasteiger charge is 2.43. The van der Waals surface area contributed by atoms with E-state index in [0.29, 0.717) is 5.41 Å². The number of piperidine rings is 1. The summed E-state index contributed by atoms with van der Waals surface area (Å²) in [4.78, 5) is 2.86. The highest BCUT2D eigenvalue weighted by Crippen LogP contribution is 2.44. The minimum atomic E-state index is 0.582. The second-order valence-electron chi connectivity index (χ2n) is 7.74. The molecule has 1 saturated heterocycles. The molecule has 3 rings (SSSR count). The van der Waals surface area contributed by atoms with Gasteiger partial charge in [0.1, 0.15) is 0 Å². The fourth-order valence-corrected chi connectivity index (χ4v) is 5.17. The first-order valence-electron chi connectivity index (χ1n) is 8.65. The summed E-state index contributed by atoms with van der Waals surface area (Å²) in [5.74, 6) is 1.98. The number of nitrogens with one attached hydrogen (secondary N) is 1. The third-order valence-corrected chi connectivity index (χ3v) is 6.00. The number of likely N-dealkylation sites (tertiary alicyclic amines) is 1. The number of hydrogen-bond donors (Lipinski definition) is 1. The molecule has 19 heavy (non-hydrogen) atoms. The van der Waals surface area contributed by atoms with Gasteiger partial charge in [-0.2, -0.15) is 0 Å². The number of rotatable bonds is 5. The van der Waals surface area contributed by atoms with E-state index in [1.807, 2.05) is 0 Å². The lowest BCUT2D eigenvalue weighted by Crippen LogP contribution is -2.48. The van der Waals surface area contributed by atoms with Gasteiger partial charge in [-0.3, -0.25) is 4.90 Å². The van der Waals surface area contributed by atoms with Crippen molar-refractivity contribution in [3.63, 3.8) is 0 Å². The molecule has 2 nitrogen and oxygen atoms in total. The zero-order valence-electron chi connectivity index (χ0n) is 13.0. The molecule has 0 radical (unpaired) electrons. The molecular formula is C17H32N2. The van der Waals surface area contributed by atoms with Crippen molar-refractivity contribution in [2.75, 3.05) is 26.2 Å². The number of hydrogen-bond acceptors (Lipinski definition) is 2. The summed E-state index contributed by atoms with van der Waals surface area (Å²) in [5.41, 5.74) is 0.582. The molecule has 2 bridgehead atoms. The summed E-state index contributed by atoms with van der Waals surface area (Å²) < 4.78 is 0. The molecule has 3 aliphatic rings. The quantitative estimate of drug-likeness (QED) is 0.820. The first kappa shape index (κ1) is 13.9. The third kappa shape index (κ3) is 3.00. The third-order valence-electron chi connectivity index (χ3n) is 6.00. The van der Waals surface area contributed by atoms with Gasteiger partial charge >= 0.3 is 0 Å². The summed E-state index contributed by atoms with van der Waals surface area (Å²) in [5, 5.41) is 3.67. The van der Waals surface area contributed by atoms with Crippen molar-refractivity contribution in [1.29, 1.82) is 0 Å². The van der Waals surface area contributed by atoms with Crippen molar-refractivity contribution in [1.82, 2.24) is 10.2 Å². The molecule has 1 N–H and O–H groups in total. The number of nitrogens with zero attached hydrogens (tertiary/aromatic N) is 1. The standard InChI is InChI=1S/C17H32N2/c1-3-18-12-17(8-4-5-14(2)10-17)13-19-11-15-6-7-16(19)9-15/h14-16,18H,3-13H2,1-2H3. The van der Waals surface area contributed by atoms with Gasteiger partial charge in [-0.25, -0.2) is 0 Å². The average molecular weight is 264 g/mol. The van der Waals surface area contributed by atoms with Gasteiger partial charge in [0, 0.05) is 25.7 Å². The van der Waals surface area contributed by atoms with Crippen LogP contribution in [-0.2, 0) is 0 Å². The smallest absolute Gasteiger partial charge is 0.00988 e. The Bertz CT molecular complexity index is 304. The van der Waals surface area contributed by atoms with Gasteiger partial charge in [-0.05, 0) is 55.9 Å². The highest BCUT2D eigenvalue weighted by molar-refractivity contribution is 4.97. The Balaban J connectivity index is 1.64. The SMILES string of the molecule is CCNCC1(CN2CC3CCC2C3)CCCC(C)C1. The van der Waals surface area contributed by atoms with Crippen LogP contribution in [0.1, 0.15) is 58.8 Å².